The fraction of sp³-hybridized carbons (Fsp3) is 0.538. The van der Waals surface area contributed by atoms with Crippen LogP contribution < -0.4 is 0 Å². The molecular weight excluding hydrogens is 280 g/mol. The molecule has 1 amide bonds. The number of aromatic nitrogens is 1. The fourth-order valence-electron chi connectivity index (χ4n) is 2.13. The van der Waals surface area contributed by atoms with E-state index >= 15 is 0 Å². The second-order valence-corrected chi connectivity index (χ2v) is 5.85. The van der Waals surface area contributed by atoms with Crippen LogP contribution >= 0.6 is 15.9 Å². The van der Waals surface area contributed by atoms with E-state index in [4.69, 9.17) is 0 Å². The summed E-state index contributed by atoms with van der Waals surface area (Å²) in [7, 11) is 0. The van der Waals surface area contributed by atoms with Gasteiger partial charge in [0.2, 0.25) is 0 Å². The van der Waals surface area contributed by atoms with Gasteiger partial charge in [-0.25, -0.2) is 0 Å². The van der Waals surface area contributed by atoms with Crippen LogP contribution in [0.5, 0.6) is 0 Å². The van der Waals surface area contributed by atoms with Gasteiger partial charge in [-0.2, -0.15) is 0 Å². The number of pyridine rings is 1. The molecule has 0 aromatic carbocycles. The van der Waals surface area contributed by atoms with Gasteiger partial charge in [0.15, 0.2) is 0 Å². The molecule has 0 aliphatic carbocycles. The number of rotatable bonds is 1. The van der Waals surface area contributed by atoms with Crippen molar-refractivity contribution in [1.82, 2.24) is 9.88 Å². The predicted octanol–water partition coefficient (Wildman–Crippen LogP) is 2.70. The van der Waals surface area contributed by atoms with Gasteiger partial charge in [-0.15, -0.1) is 0 Å². The van der Waals surface area contributed by atoms with E-state index in [0.29, 0.717) is 4.83 Å². The number of hydrogen-bond donors (Lipinski definition) is 0. The first kappa shape index (κ1) is 12.6. The minimum absolute atomic E-state index is 0.120. The third-order valence-corrected chi connectivity index (χ3v) is 4.08. The second kappa shape index (κ2) is 5.17. The third-order valence-electron chi connectivity index (χ3n) is 3.17. The number of hydrogen-bond acceptors (Lipinski definition) is 2. The van der Waals surface area contributed by atoms with Gasteiger partial charge in [0.1, 0.15) is 0 Å². The smallest absolute Gasteiger partial charge is 0.255 e. The number of aryl methyl sites for hydroxylation is 2. The molecular formula is C13H17BrN2O. The highest BCUT2D eigenvalue weighted by Crippen LogP contribution is 2.20. The SMILES string of the molecule is Cc1ccc(C(=O)N2CCC(Br)CC2)c(C)n1. The van der Waals surface area contributed by atoms with E-state index in [2.05, 4.69) is 20.9 Å². The van der Waals surface area contributed by atoms with E-state index in [0.717, 1.165) is 42.9 Å². The summed E-state index contributed by atoms with van der Waals surface area (Å²) >= 11 is 3.59. The largest absolute Gasteiger partial charge is 0.339 e. The molecule has 0 bridgehead atoms. The van der Waals surface area contributed by atoms with Gasteiger partial charge in [0.05, 0.1) is 11.3 Å². The molecule has 0 radical (unpaired) electrons. The zero-order chi connectivity index (χ0) is 12.4. The molecule has 2 heterocycles. The highest BCUT2D eigenvalue weighted by atomic mass is 79.9. The van der Waals surface area contributed by atoms with Crippen molar-refractivity contribution < 1.29 is 4.79 Å². The van der Waals surface area contributed by atoms with Crippen molar-refractivity contribution in [2.75, 3.05) is 13.1 Å². The molecule has 2 rings (SSSR count). The Morgan fingerprint density at radius 3 is 2.59 bits per heavy atom. The maximum absolute atomic E-state index is 12.3. The molecule has 1 aliphatic rings. The number of piperidine rings is 1. The van der Waals surface area contributed by atoms with E-state index < -0.39 is 0 Å². The lowest BCUT2D eigenvalue weighted by Gasteiger charge is -2.29. The van der Waals surface area contributed by atoms with Crippen LogP contribution in [0, 0.1) is 13.8 Å². The van der Waals surface area contributed by atoms with Gasteiger partial charge < -0.3 is 4.90 Å². The average molecular weight is 297 g/mol. The van der Waals surface area contributed by atoms with Crippen molar-refractivity contribution >= 4 is 21.8 Å². The molecule has 17 heavy (non-hydrogen) atoms. The van der Waals surface area contributed by atoms with E-state index in [9.17, 15) is 4.79 Å². The molecule has 3 nitrogen and oxygen atoms in total. The maximum atomic E-state index is 12.3. The van der Waals surface area contributed by atoms with Crippen LogP contribution in [0.25, 0.3) is 0 Å². The number of halogens is 1. The van der Waals surface area contributed by atoms with E-state index in [1.165, 1.54) is 0 Å². The van der Waals surface area contributed by atoms with E-state index in [1.54, 1.807) is 0 Å². The Balaban J connectivity index is 2.14. The number of carbonyl (C=O) groups excluding carboxylic acids is 1. The summed E-state index contributed by atoms with van der Waals surface area (Å²) in [4.78, 5) is 19.1. The molecule has 0 saturated carbocycles. The van der Waals surface area contributed by atoms with Gasteiger partial charge in [-0.3, -0.25) is 9.78 Å². The fourth-order valence-corrected chi connectivity index (χ4v) is 2.54. The van der Waals surface area contributed by atoms with Gasteiger partial charge in [-0.1, -0.05) is 15.9 Å². The highest BCUT2D eigenvalue weighted by Gasteiger charge is 2.23. The minimum Gasteiger partial charge on any atom is -0.339 e. The van der Waals surface area contributed by atoms with Crippen molar-refractivity contribution in [1.29, 1.82) is 0 Å². The Hall–Kier alpha value is -0.900. The topological polar surface area (TPSA) is 33.2 Å². The predicted molar refractivity (Wildman–Crippen MR) is 71.6 cm³/mol. The van der Waals surface area contributed by atoms with Crippen LogP contribution in [0.4, 0.5) is 0 Å². The molecule has 4 heteroatoms. The number of amides is 1. The zero-order valence-electron chi connectivity index (χ0n) is 10.2. The van der Waals surface area contributed by atoms with Crippen LogP contribution in [0.3, 0.4) is 0 Å². The molecule has 0 N–H and O–H groups in total. The lowest BCUT2D eigenvalue weighted by atomic mass is 10.1. The van der Waals surface area contributed by atoms with Gasteiger partial charge in [-0.05, 0) is 38.8 Å². The number of carbonyl (C=O) groups is 1. The summed E-state index contributed by atoms with van der Waals surface area (Å²) in [5, 5.41) is 0. The van der Waals surface area contributed by atoms with Crippen LogP contribution in [-0.2, 0) is 0 Å². The van der Waals surface area contributed by atoms with Crippen molar-refractivity contribution in [2.24, 2.45) is 0 Å². The average Bonchev–Trinajstić information content (AvgIpc) is 2.29. The molecule has 1 aliphatic heterocycles. The quantitative estimate of drug-likeness (QED) is 0.747. The molecule has 0 unspecified atom stereocenters. The lowest BCUT2D eigenvalue weighted by molar-refractivity contribution is 0.0727. The highest BCUT2D eigenvalue weighted by molar-refractivity contribution is 9.09. The number of likely N-dealkylation sites (tertiary alicyclic amines) is 1. The van der Waals surface area contributed by atoms with Crippen LogP contribution in [0.15, 0.2) is 12.1 Å². The zero-order valence-corrected chi connectivity index (χ0v) is 11.8. The van der Waals surface area contributed by atoms with E-state index in [1.807, 2.05) is 30.9 Å². The summed E-state index contributed by atoms with van der Waals surface area (Å²) in [5.41, 5.74) is 2.53. The Kier molecular flexibility index (Phi) is 3.82. The summed E-state index contributed by atoms with van der Waals surface area (Å²) in [6.07, 6.45) is 2.06. The summed E-state index contributed by atoms with van der Waals surface area (Å²) < 4.78 is 0. The standard InChI is InChI=1S/C13H17BrN2O/c1-9-3-4-12(10(2)15-9)13(17)16-7-5-11(14)6-8-16/h3-4,11H,5-8H2,1-2H3. The van der Waals surface area contributed by atoms with Gasteiger partial charge in [0, 0.05) is 23.6 Å². The summed E-state index contributed by atoms with van der Waals surface area (Å²) in [6.45, 7) is 5.51. The Morgan fingerprint density at radius 2 is 2.00 bits per heavy atom. The molecule has 0 spiro atoms. The van der Waals surface area contributed by atoms with Crippen molar-refractivity contribution in [3.8, 4) is 0 Å². The van der Waals surface area contributed by atoms with E-state index in [-0.39, 0.29) is 5.91 Å². The van der Waals surface area contributed by atoms with Crippen LogP contribution in [-0.4, -0.2) is 33.7 Å². The lowest BCUT2D eigenvalue weighted by Crippen LogP contribution is -2.39. The molecule has 92 valence electrons. The second-order valence-electron chi connectivity index (χ2n) is 4.55. The summed E-state index contributed by atoms with van der Waals surface area (Å²) in [6, 6.07) is 3.79. The van der Waals surface area contributed by atoms with Gasteiger partial charge in [0.25, 0.3) is 5.91 Å². The van der Waals surface area contributed by atoms with Crippen molar-refractivity contribution in [3.05, 3.63) is 29.1 Å². The van der Waals surface area contributed by atoms with Crippen molar-refractivity contribution in [3.63, 3.8) is 0 Å². The maximum Gasteiger partial charge on any atom is 0.255 e. The Labute approximate surface area is 110 Å². The molecule has 0 atom stereocenters. The minimum atomic E-state index is 0.120. The third kappa shape index (κ3) is 2.86. The van der Waals surface area contributed by atoms with Gasteiger partial charge >= 0.3 is 0 Å². The molecule has 1 fully saturated rings. The number of alkyl halides is 1. The number of nitrogens with zero attached hydrogens (tertiary/aromatic N) is 2. The molecule has 1 aromatic heterocycles. The van der Waals surface area contributed by atoms with Crippen molar-refractivity contribution in [2.45, 2.75) is 31.5 Å². The summed E-state index contributed by atoms with van der Waals surface area (Å²) in [5.74, 6) is 0.120. The first-order chi connectivity index (χ1) is 8.08. The Morgan fingerprint density at radius 1 is 1.35 bits per heavy atom. The molecule has 1 aromatic rings. The first-order valence-electron chi connectivity index (χ1n) is 5.95. The first-order valence-corrected chi connectivity index (χ1v) is 6.87. The molecule has 1 saturated heterocycles. The Bertz CT molecular complexity index is 425. The van der Waals surface area contributed by atoms with Crippen LogP contribution in [0.2, 0.25) is 0 Å². The normalized spacial score (nSPS) is 17.2. The van der Waals surface area contributed by atoms with Crippen LogP contribution in [0.1, 0.15) is 34.6 Å². The monoisotopic (exact) mass is 296 g/mol.